The van der Waals surface area contributed by atoms with Crippen LogP contribution in [0.3, 0.4) is 0 Å². The zero-order valence-electron chi connectivity index (χ0n) is 20.9. The number of nitrogens with zero attached hydrogens (tertiary/aromatic N) is 6. The third-order valence-electron chi connectivity index (χ3n) is 6.72. The molecule has 194 valence electrons. The molecule has 10 nitrogen and oxygen atoms in total. The number of carbonyl (C=O) groups is 2. The van der Waals surface area contributed by atoms with Crippen molar-refractivity contribution in [1.29, 1.82) is 0 Å². The van der Waals surface area contributed by atoms with E-state index in [-0.39, 0.29) is 36.4 Å². The minimum Gasteiger partial charge on any atom is -0.370 e. The number of halogens is 1. The predicted octanol–water partition coefficient (Wildman–Crippen LogP) is 3.23. The van der Waals surface area contributed by atoms with Crippen molar-refractivity contribution in [1.82, 2.24) is 24.2 Å². The molecule has 0 radical (unpaired) electrons. The number of likely N-dealkylation sites (tertiary alicyclic amines) is 1. The quantitative estimate of drug-likeness (QED) is 0.382. The predicted molar refractivity (Wildman–Crippen MR) is 141 cm³/mol. The van der Waals surface area contributed by atoms with E-state index in [2.05, 4.69) is 9.94 Å². The molecule has 2 aromatic carbocycles. The molecule has 4 N–H and O–H groups in total. The zero-order chi connectivity index (χ0) is 27.0. The summed E-state index contributed by atoms with van der Waals surface area (Å²) in [6.45, 7) is 8.22. The fourth-order valence-electron chi connectivity index (χ4n) is 4.93. The van der Waals surface area contributed by atoms with Gasteiger partial charge in [0.1, 0.15) is 5.82 Å². The van der Waals surface area contributed by atoms with Gasteiger partial charge < -0.3 is 20.9 Å². The van der Waals surface area contributed by atoms with Crippen LogP contribution in [0.15, 0.2) is 42.6 Å². The highest BCUT2D eigenvalue weighted by atomic mass is 19.1. The van der Waals surface area contributed by atoms with Crippen molar-refractivity contribution < 1.29 is 14.0 Å². The Morgan fingerprint density at radius 1 is 1.21 bits per heavy atom. The van der Waals surface area contributed by atoms with Gasteiger partial charge in [-0.1, -0.05) is 18.2 Å². The number of rotatable bonds is 6. The fourth-order valence-corrected chi connectivity index (χ4v) is 4.93. The van der Waals surface area contributed by atoms with Crippen LogP contribution in [0.5, 0.6) is 0 Å². The lowest BCUT2D eigenvalue weighted by Crippen LogP contribution is -2.46. The molecule has 5 rings (SSSR count). The van der Waals surface area contributed by atoms with E-state index in [1.807, 2.05) is 31.4 Å². The number of piperidine rings is 1. The number of fused-ring (bicyclic) bond motifs is 1. The molecule has 2 aromatic heterocycles. The fraction of sp³-hybridized carbons (Fsp3) is 0.296. The van der Waals surface area contributed by atoms with E-state index >= 15 is 0 Å². The highest BCUT2D eigenvalue weighted by Gasteiger charge is 2.30. The molecule has 1 aliphatic heterocycles. The van der Waals surface area contributed by atoms with Crippen LogP contribution >= 0.6 is 0 Å². The summed E-state index contributed by atoms with van der Waals surface area (Å²) < 4.78 is 18.1. The first-order valence-corrected chi connectivity index (χ1v) is 12.3. The molecule has 1 fully saturated rings. The Hall–Kier alpha value is -4.56. The highest BCUT2D eigenvalue weighted by molar-refractivity contribution is 5.95. The van der Waals surface area contributed by atoms with Crippen molar-refractivity contribution in [2.24, 2.45) is 18.5 Å². The number of carbonyl (C=O) groups excluding carboxylic acids is 2. The molecule has 0 saturated carbocycles. The average molecular weight is 515 g/mol. The summed E-state index contributed by atoms with van der Waals surface area (Å²) in [4.78, 5) is 35.2. The first-order chi connectivity index (χ1) is 18.2. The van der Waals surface area contributed by atoms with Crippen molar-refractivity contribution >= 4 is 28.4 Å². The van der Waals surface area contributed by atoms with Crippen molar-refractivity contribution in [3.63, 3.8) is 0 Å². The van der Waals surface area contributed by atoms with Crippen LogP contribution in [0.25, 0.3) is 38.3 Å². The number of primary amides is 1. The standard InChI is InChI=1S/C27H27FN8O2/c1-31-22-8-5-16(13-20(22)28)24-25(17-6-7-21-18(12-17)14-34(2)33-21)36(11-9-23(30)37)26(32-24)27(38)35-10-3-4-19(29)15-35/h5-8,12-14,19H,3-4,9-11,15,29H2,2H3,(H2,30,37)/t19-/m1/s1. The van der Waals surface area contributed by atoms with Gasteiger partial charge in [-0.3, -0.25) is 14.3 Å². The summed E-state index contributed by atoms with van der Waals surface area (Å²) in [6, 6.07) is 9.72. The van der Waals surface area contributed by atoms with Gasteiger partial charge in [0.05, 0.1) is 23.5 Å². The maximum atomic E-state index is 14.7. The summed E-state index contributed by atoms with van der Waals surface area (Å²) >= 11 is 0. The molecule has 2 amide bonds. The van der Waals surface area contributed by atoms with Gasteiger partial charge in [0.15, 0.2) is 5.82 Å². The molecule has 11 heteroatoms. The molecule has 0 aliphatic carbocycles. The molecule has 1 aliphatic rings. The molecular formula is C27H27FN8O2. The zero-order valence-corrected chi connectivity index (χ0v) is 20.9. The Bertz CT molecular complexity index is 1600. The van der Waals surface area contributed by atoms with Crippen LogP contribution in [-0.2, 0) is 18.4 Å². The molecule has 0 unspecified atom stereocenters. The maximum absolute atomic E-state index is 14.7. The summed E-state index contributed by atoms with van der Waals surface area (Å²) in [5.74, 6) is -1.42. The normalized spacial score (nSPS) is 15.5. The van der Waals surface area contributed by atoms with E-state index in [4.69, 9.17) is 23.0 Å². The van der Waals surface area contributed by atoms with Gasteiger partial charge in [-0.2, -0.15) is 5.10 Å². The second kappa shape index (κ2) is 10.1. The van der Waals surface area contributed by atoms with Crippen LogP contribution in [0.1, 0.15) is 29.9 Å². The molecule has 4 aromatic rings. The van der Waals surface area contributed by atoms with Crippen LogP contribution in [-0.4, -0.2) is 55.2 Å². The Balaban J connectivity index is 1.74. The third kappa shape index (κ3) is 4.73. The van der Waals surface area contributed by atoms with Gasteiger partial charge in [0.25, 0.3) is 5.91 Å². The Kier molecular flexibility index (Phi) is 6.65. The largest absolute Gasteiger partial charge is 0.370 e. The second-order valence-corrected chi connectivity index (χ2v) is 9.51. The van der Waals surface area contributed by atoms with E-state index in [1.54, 1.807) is 20.2 Å². The van der Waals surface area contributed by atoms with Gasteiger partial charge in [-0.15, -0.1) is 0 Å². The summed E-state index contributed by atoms with van der Waals surface area (Å²) in [5, 5.41) is 5.29. The molecule has 3 heterocycles. The topological polar surface area (TPSA) is 129 Å². The van der Waals surface area contributed by atoms with Crippen LogP contribution < -0.4 is 11.5 Å². The van der Waals surface area contributed by atoms with Gasteiger partial charge >= 0.3 is 0 Å². The average Bonchev–Trinajstić information content (AvgIpc) is 3.46. The second-order valence-electron chi connectivity index (χ2n) is 9.51. The molecule has 0 spiro atoms. The first-order valence-electron chi connectivity index (χ1n) is 12.3. The highest BCUT2D eigenvalue weighted by Crippen LogP contribution is 2.36. The number of imidazole rings is 1. The monoisotopic (exact) mass is 514 g/mol. The Labute approximate surface area is 218 Å². The van der Waals surface area contributed by atoms with Gasteiger partial charge in [0, 0.05) is 61.9 Å². The molecule has 1 saturated heterocycles. The van der Waals surface area contributed by atoms with E-state index in [0.717, 1.165) is 23.7 Å². The van der Waals surface area contributed by atoms with E-state index in [9.17, 15) is 14.0 Å². The maximum Gasteiger partial charge on any atom is 0.289 e. The third-order valence-corrected chi connectivity index (χ3v) is 6.72. The van der Waals surface area contributed by atoms with Crippen molar-refractivity contribution in [3.8, 4) is 22.5 Å². The van der Waals surface area contributed by atoms with E-state index < -0.39 is 11.7 Å². The van der Waals surface area contributed by atoms with Crippen LogP contribution in [0.4, 0.5) is 10.1 Å². The van der Waals surface area contributed by atoms with E-state index in [1.165, 1.54) is 12.1 Å². The van der Waals surface area contributed by atoms with Gasteiger partial charge in [-0.25, -0.2) is 14.2 Å². The molecular weight excluding hydrogens is 487 g/mol. The number of amides is 2. The number of aryl methyl sites for hydroxylation is 1. The lowest BCUT2D eigenvalue weighted by atomic mass is 10.0. The van der Waals surface area contributed by atoms with Crippen LogP contribution in [0, 0.1) is 12.4 Å². The summed E-state index contributed by atoms with van der Waals surface area (Å²) in [7, 11) is 1.82. The smallest absolute Gasteiger partial charge is 0.289 e. The van der Waals surface area contributed by atoms with Crippen molar-refractivity contribution in [2.75, 3.05) is 13.1 Å². The van der Waals surface area contributed by atoms with Gasteiger partial charge in [0.2, 0.25) is 11.6 Å². The number of benzene rings is 2. The minimum absolute atomic E-state index is 0.0250. The summed E-state index contributed by atoms with van der Waals surface area (Å²) in [5.41, 5.74) is 14.3. The summed E-state index contributed by atoms with van der Waals surface area (Å²) in [6.07, 6.45) is 3.45. The molecule has 38 heavy (non-hydrogen) atoms. The number of hydrogen-bond donors (Lipinski definition) is 2. The molecule has 0 bridgehead atoms. The van der Waals surface area contributed by atoms with Crippen LogP contribution in [0.2, 0.25) is 0 Å². The first kappa shape index (κ1) is 25.1. The SMILES string of the molecule is [C-]#[N+]c1ccc(-c2nc(C(=O)N3CCC[C@@H](N)C3)n(CCC(N)=O)c2-c2ccc3nn(C)cc3c2)cc1F. The minimum atomic E-state index is -0.687. The lowest BCUT2D eigenvalue weighted by Gasteiger charge is -2.30. The molecule has 1 atom stereocenters. The van der Waals surface area contributed by atoms with Crippen molar-refractivity contribution in [2.45, 2.75) is 31.8 Å². The lowest BCUT2D eigenvalue weighted by molar-refractivity contribution is -0.118. The Morgan fingerprint density at radius 2 is 2.00 bits per heavy atom. The van der Waals surface area contributed by atoms with E-state index in [0.29, 0.717) is 35.6 Å². The Morgan fingerprint density at radius 3 is 2.71 bits per heavy atom. The van der Waals surface area contributed by atoms with Gasteiger partial charge in [-0.05, 0) is 31.0 Å². The number of hydrogen-bond acceptors (Lipinski definition) is 5. The number of nitrogens with two attached hydrogens (primary N) is 2. The number of aromatic nitrogens is 4. The van der Waals surface area contributed by atoms with Crippen molar-refractivity contribution in [3.05, 3.63) is 65.7 Å².